The van der Waals surface area contributed by atoms with Gasteiger partial charge in [0.05, 0.1) is 5.69 Å². The fourth-order valence-electron chi connectivity index (χ4n) is 2.08. The van der Waals surface area contributed by atoms with E-state index in [-0.39, 0.29) is 18.4 Å². The summed E-state index contributed by atoms with van der Waals surface area (Å²) in [6.45, 7) is 6.57. The van der Waals surface area contributed by atoms with Crippen LogP contribution >= 0.6 is 12.4 Å². The molecule has 1 heterocycles. The maximum atomic E-state index is 12.7. The van der Waals surface area contributed by atoms with Crippen LogP contribution < -0.4 is 5.32 Å². The van der Waals surface area contributed by atoms with E-state index in [1.165, 1.54) is 4.31 Å². The highest BCUT2D eigenvalue weighted by atomic mass is 35.5. The maximum Gasteiger partial charge on any atom is 0.222 e. The van der Waals surface area contributed by atoms with Gasteiger partial charge in [0.15, 0.2) is 0 Å². The molecule has 21 heavy (non-hydrogen) atoms. The molecule has 0 saturated heterocycles. The third kappa shape index (κ3) is 5.21. The van der Waals surface area contributed by atoms with Gasteiger partial charge in [-0.3, -0.25) is 4.98 Å². The lowest BCUT2D eigenvalue weighted by molar-refractivity contribution is 0.365. The molecule has 5 nitrogen and oxygen atoms in total. The minimum absolute atomic E-state index is 0. The van der Waals surface area contributed by atoms with Gasteiger partial charge in [-0.05, 0) is 32.5 Å². The molecular weight excluding hydrogens is 310 g/mol. The van der Waals surface area contributed by atoms with E-state index >= 15 is 0 Å². The first-order chi connectivity index (χ1) is 9.47. The topological polar surface area (TPSA) is 62.3 Å². The highest BCUT2D eigenvalue weighted by Gasteiger charge is 2.30. The Kier molecular flexibility index (Phi) is 9.04. The Morgan fingerprint density at radius 3 is 2.43 bits per heavy atom. The first kappa shape index (κ1) is 20.3. The Morgan fingerprint density at radius 1 is 1.33 bits per heavy atom. The summed E-state index contributed by atoms with van der Waals surface area (Å²) in [6.07, 6.45) is 2.51. The van der Waals surface area contributed by atoms with Crippen LogP contribution in [0.15, 0.2) is 24.4 Å². The Morgan fingerprint density at radius 2 is 2.00 bits per heavy atom. The smallest absolute Gasteiger partial charge is 0.222 e. The first-order valence-electron chi connectivity index (χ1n) is 7.04. The second kappa shape index (κ2) is 9.35. The molecular formula is C14H26ClN3O2S. The van der Waals surface area contributed by atoms with Gasteiger partial charge in [-0.25, -0.2) is 12.7 Å². The molecule has 0 aromatic carbocycles. The highest BCUT2D eigenvalue weighted by Crippen LogP contribution is 2.23. The van der Waals surface area contributed by atoms with Crippen molar-refractivity contribution in [3.63, 3.8) is 0 Å². The largest absolute Gasteiger partial charge is 0.316 e. The van der Waals surface area contributed by atoms with Crippen molar-refractivity contribution >= 4 is 22.4 Å². The summed E-state index contributed by atoms with van der Waals surface area (Å²) in [4.78, 5) is 4.16. The van der Waals surface area contributed by atoms with Crippen molar-refractivity contribution in [3.8, 4) is 0 Å². The Labute approximate surface area is 134 Å². The zero-order valence-corrected chi connectivity index (χ0v) is 14.7. The molecule has 122 valence electrons. The molecule has 1 rings (SSSR count). The van der Waals surface area contributed by atoms with Crippen molar-refractivity contribution in [2.45, 2.75) is 38.5 Å². The van der Waals surface area contributed by atoms with Gasteiger partial charge in [-0.15, -0.1) is 12.4 Å². The average molecular weight is 336 g/mol. The summed E-state index contributed by atoms with van der Waals surface area (Å²) in [6, 6.07) is 5.52. The predicted molar refractivity (Wildman–Crippen MR) is 89.2 cm³/mol. The van der Waals surface area contributed by atoms with Crippen LogP contribution in [0.3, 0.4) is 0 Å². The van der Waals surface area contributed by atoms with Crippen LogP contribution in [0.1, 0.15) is 38.1 Å². The quantitative estimate of drug-likeness (QED) is 0.791. The number of likely N-dealkylation sites (N-methyl/N-ethyl adjacent to an activating group) is 2. The zero-order chi connectivity index (χ0) is 15.2. The van der Waals surface area contributed by atoms with Gasteiger partial charge in [0.2, 0.25) is 10.0 Å². The van der Waals surface area contributed by atoms with Crippen LogP contribution in [-0.4, -0.2) is 43.9 Å². The van der Waals surface area contributed by atoms with E-state index in [9.17, 15) is 8.42 Å². The second-order valence-corrected chi connectivity index (χ2v) is 7.04. The van der Waals surface area contributed by atoms with Gasteiger partial charge in [-0.2, -0.15) is 0 Å². The highest BCUT2D eigenvalue weighted by molar-refractivity contribution is 7.89. The number of hydrogen-bond donors (Lipinski definition) is 1. The summed E-state index contributed by atoms with van der Waals surface area (Å²) < 4.78 is 26.9. The van der Waals surface area contributed by atoms with Gasteiger partial charge in [-0.1, -0.05) is 19.9 Å². The molecule has 0 fully saturated rings. The number of sulfonamides is 1. The molecule has 7 heteroatoms. The third-order valence-electron chi connectivity index (χ3n) is 3.59. The van der Waals surface area contributed by atoms with E-state index in [1.807, 2.05) is 27.0 Å². The van der Waals surface area contributed by atoms with Gasteiger partial charge in [0, 0.05) is 25.3 Å². The number of aromatic nitrogens is 1. The summed E-state index contributed by atoms with van der Waals surface area (Å²) >= 11 is 0. The van der Waals surface area contributed by atoms with E-state index in [1.54, 1.807) is 25.3 Å². The van der Waals surface area contributed by atoms with Crippen LogP contribution in [0, 0.1) is 0 Å². The van der Waals surface area contributed by atoms with E-state index in [0.717, 1.165) is 6.42 Å². The second-order valence-electron chi connectivity index (χ2n) is 4.79. The summed E-state index contributed by atoms with van der Waals surface area (Å²) in [5.74, 6) is 0. The molecule has 2 atom stereocenters. The average Bonchev–Trinajstić information content (AvgIpc) is 2.48. The Balaban J connectivity index is 0.00000400. The molecule has 0 amide bonds. The van der Waals surface area contributed by atoms with Crippen molar-refractivity contribution in [1.82, 2.24) is 14.6 Å². The molecule has 0 radical (unpaired) electrons. The van der Waals surface area contributed by atoms with E-state index in [2.05, 4.69) is 10.3 Å². The van der Waals surface area contributed by atoms with Crippen LogP contribution in [0.2, 0.25) is 0 Å². The van der Waals surface area contributed by atoms with E-state index < -0.39 is 15.3 Å². The molecule has 0 saturated carbocycles. The molecule has 0 aliphatic heterocycles. The summed E-state index contributed by atoms with van der Waals surface area (Å²) in [5, 5.41) is 2.52. The fourth-order valence-corrected chi connectivity index (χ4v) is 3.72. The molecule has 0 aliphatic rings. The Bertz CT molecular complexity index is 492. The van der Waals surface area contributed by atoms with Crippen LogP contribution in [0.25, 0.3) is 0 Å². The monoisotopic (exact) mass is 335 g/mol. The van der Waals surface area contributed by atoms with Crippen LogP contribution in [0.5, 0.6) is 0 Å². The van der Waals surface area contributed by atoms with Gasteiger partial charge in [0.25, 0.3) is 0 Å². The Hall–Kier alpha value is -0.690. The summed E-state index contributed by atoms with van der Waals surface area (Å²) in [5.41, 5.74) is 0.587. The van der Waals surface area contributed by atoms with Crippen LogP contribution in [0.4, 0.5) is 0 Å². The minimum Gasteiger partial charge on any atom is -0.316 e. The van der Waals surface area contributed by atoms with Gasteiger partial charge in [0.1, 0.15) is 5.25 Å². The minimum atomic E-state index is -3.39. The lowest BCUT2D eigenvalue weighted by atomic mass is 10.2. The fraction of sp³-hybridized carbons (Fsp3) is 0.643. The number of nitrogens with zero attached hydrogens (tertiary/aromatic N) is 2. The molecule has 0 spiro atoms. The number of halogens is 1. The normalized spacial score (nSPS) is 14.5. The van der Waals surface area contributed by atoms with Crippen molar-refractivity contribution < 1.29 is 8.42 Å². The van der Waals surface area contributed by atoms with Gasteiger partial charge >= 0.3 is 0 Å². The lowest BCUT2D eigenvalue weighted by Gasteiger charge is -2.27. The SMILES string of the molecule is CCC(CN(CC)S(=O)(=O)C(C)c1ccccn1)NC.Cl. The zero-order valence-electron chi connectivity index (χ0n) is 13.1. The molecule has 2 unspecified atom stereocenters. The molecule has 1 N–H and O–H groups in total. The lowest BCUT2D eigenvalue weighted by Crippen LogP contribution is -2.43. The predicted octanol–water partition coefficient (Wildman–Crippen LogP) is 2.21. The van der Waals surface area contributed by atoms with E-state index in [0.29, 0.717) is 18.8 Å². The van der Waals surface area contributed by atoms with Crippen molar-refractivity contribution in [2.24, 2.45) is 0 Å². The van der Waals surface area contributed by atoms with Crippen molar-refractivity contribution in [3.05, 3.63) is 30.1 Å². The standard InChI is InChI=1S/C14H25N3O2S.ClH/c1-5-13(15-4)11-17(6-2)20(18,19)12(3)14-9-7-8-10-16-14;/h7-10,12-13,15H,5-6,11H2,1-4H3;1H. The molecule has 0 aliphatic carbocycles. The van der Waals surface area contributed by atoms with Crippen molar-refractivity contribution in [1.29, 1.82) is 0 Å². The summed E-state index contributed by atoms with van der Waals surface area (Å²) in [7, 11) is -1.53. The molecule has 0 bridgehead atoms. The maximum absolute atomic E-state index is 12.7. The molecule has 1 aromatic rings. The number of hydrogen-bond acceptors (Lipinski definition) is 4. The van der Waals surface area contributed by atoms with Crippen molar-refractivity contribution in [2.75, 3.05) is 20.1 Å². The first-order valence-corrected chi connectivity index (χ1v) is 8.54. The number of pyridine rings is 1. The molecule has 1 aromatic heterocycles. The van der Waals surface area contributed by atoms with E-state index in [4.69, 9.17) is 0 Å². The van der Waals surface area contributed by atoms with Crippen LogP contribution in [-0.2, 0) is 10.0 Å². The number of nitrogens with one attached hydrogen (secondary N) is 1. The number of rotatable bonds is 8. The third-order valence-corrected chi connectivity index (χ3v) is 5.85. The van der Waals surface area contributed by atoms with Gasteiger partial charge < -0.3 is 5.32 Å².